The summed E-state index contributed by atoms with van der Waals surface area (Å²) in [5.41, 5.74) is 2.60. The van der Waals surface area contributed by atoms with Crippen LogP contribution >= 0.6 is 0 Å². The summed E-state index contributed by atoms with van der Waals surface area (Å²) in [7, 11) is 0. The van der Waals surface area contributed by atoms with Gasteiger partial charge in [-0.25, -0.2) is 0 Å². The molecule has 1 aliphatic rings. The van der Waals surface area contributed by atoms with E-state index < -0.39 is 0 Å². The third-order valence-corrected chi connectivity index (χ3v) is 4.32. The maximum atomic E-state index is 12.5. The van der Waals surface area contributed by atoms with Crippen LogP contribution in [0.25, 0.3) is 0 Å². The Morgan fingerprint density at radius 3 is 2.39 bits per heavy atom. The van der Waals surface area contributed by atoms with Gasteiger partial charge in [0.15, 0.2) is 0 Å². The molecule has 8 nitrogen and oxygen atoms in total. The standard InChI is InChI=1S/C20H25N5O3/c1-15(26)23-17-2-4-18(5-3-17)24-20(27)16-12-19(14-21-13-16)22-6-7-25-8-10-28-11-9-25/h2-5,12-14,22H,6-11H2,1H3,(H,23,26)(H,24,27). The van der Waals surface area contributed by atoms with E-state index in [1.165, 1.54) is 13.1 Å². The number of amides is 2. The van der Waals surface area contributed by atoms with Crippen molar-refractivity contribution in [2.75, 3.05) is 55.3 Å². The van der Waals surface area contributed by atoms with Gasteiger partial charge in [-0.3, -0.25) is 19.5 Å². The molecular weight excluding hydrogens is 358 g/mol. The SMILES string of the molecule is CC(=O)Nc1ccc(NC(=O)c2cncc(NCCN3CCOCC3)c2)cc1. The molecule has 0 saturated carbocycles. The third kappa shape index (κ3) is 6.04. The number of carbonyl (C=O) groups is 2. The summed E-state index contributed by atoms with van der Waals surface area (Å²) >= 11 is 0. The number of carbonyl (C=O) groups excluding carboxylic acids is 2. The molecule has 3 N–H and O–H groups in total. The highest BCUT2D eigenvalue weighted by molar-refractivity contribution is 6.04. The summed E-state index contributed by atoms with van der Waals surface area (Å²) < 4.78 is 5.34. The topological polar surface area (TPSA) is 95.6 Å². The highest BCUT2D eigenvalue weighted by atomic mass is 16.5. The zero-order chi connectivity index (χ0) is 19.8. The number of ether oxygens (including phenoxy) is 1. The van der Waals surface area contributed by atoms with Crippen molar-refractivity contribution in [3.05, 3.63) is 48.3 Å². The largest absolute Gasteiger partial charge is 0.382 e. The molecule has 1 aliphatic heterocycles. The Labute approximate surface area is 164 Å². The summed E-state index contributed by atoms with van der Waals surface area (Å²) in [5.74, 6) is -0.377. The lowest BCUT2D eigenvalue weighted by atomic mass is 10.2. The molecule has 8 heteroatoms. The van der Waals surface area contributed by atoms with Gasteiger partial charge in [0.25, 0.3) is 5.91 Å². The number of nitrogens with one attached hydrogen (secondary N) is 3. The Kier molecular flexibility index (Phi) is 6.94. The lowest BCUT2D eigenvalue weighted by Crippen LogP contribution is -2.39. The van der Waals surface area contributed by atoms with E-state index >= 15 is 0 Å². The minimum Gasteiger partial charge on any atom is -0.382 e. The maximum Gasteiger partial charge on any atom is 0.257 e. The lowest BCUT2D eigenvalue weighted by molar-refractivity contribution is -0.114. The number of hydrogen-bond donors (Lipinski definition) is 3. The second-order valence-electron chi connectivity index (χ2n) is 6.56. The number of morpholine rings is 1. The number of hydrogen-bond acceptors (Lipinski definition) is 6. The molecular formula is C20H25N5O3. The van der Waals surface area contributed by atoms with E-state index in [9.17, 15) is 9.59 Å². The van der Waals surface area contributed by atoms with Crippen molar-refractivity contribution in [2.24, 2.45) is 0 Å². The minimum absolute atomic E-state index is 0.138. The number of pyridine rings is 1. The van der Waals surface area contributed by atoms with Crippen molar-refractivity contribution >= 4 is 28.9 Å². The molecule has 148 valence electrons. The molecule has 2 amide bonds. The summed E-state index contributed by atoms with van der Waals surface area (Å²) in [6.07, 6.45) is 3.24. The fourth-order valence-electron chi connectivity index (χ4n) is 2.89. The molecule has 0 radical (unpaired) electrons. The monoisotopic (exact) mass is 383 g/mol. The molecule has 0 bridgehead atoms. The van der Waals surface area contributed by atoms with Crippen LogP contribution in [0, 0.1) is 0 Å². The van der Waals surface area contributed by atoms with Gasteiger partial charge in [-0.2, -0.15) is 0 Å². The quantitative estimate of drug-likeness (QED) is 0.677. The molecule has 0 atom stereocenters. The van der Waals surface area contributed by atoms with Crippen LogP contribution in [-0.2, 0) is 9.53 Å². The Hall–Kier alpha value is -2.97. The molecule has 3 rings (SSSR count). The number of benzene rings is 1. The zero-order valence-electron chi connectivity index (χ0n) is 15.9. The van der Waals surface area contributed by atoms with E-state index in [0.717, 1.165) is 45.1 Å². The van der Waals surface area contributed by atoms with Gasteiger partial charge in [0, 0.05) is 56.9 Å². The summed E-state index contributed by atoms with van der Waals surface area (Å²) in [5, 5.41) is 8.83. The number of aromatic nitrogens is 1. The van der Waals surface area contributed by atoms with E-state index in [2.05, 4.69) is 25.8 Å². The van der Waals surface area contributed by atoms with E-state index in [1.807, 2.05) is 0 Å². The smallest absolute Gasteiger partial charge is 0.257 e. The molecule has 0 spiro atoms. The van der Waals surface area contributed by atoms with Crippen molar-refractivity contribution < 1.29 is 14.3 Å². The molecule has 2 aromatic rings. The van der Waals surface area contributed by atoms with Crippen LogP contribution < -0.4 is 16.0 Å². The Morgan fingerprint density at radius 2 is 1.71 bits per heavy atom. The first-order chi connectivity index (χ1) is 13.6. The van der Waals surface area contributed by atoms with Crippen LogP contribution in [0.2, 0.25) is 0 Å². The van der Waals surface area contributed by atoms with E-state index in [1.54, 1.807) is 36.5 Å². The van der Waals surface area contributed by atoms with Crippen LogP contribution in [0.5, 0.6) is 0 Å². The van der Waals surface area contributed by atoms with Crippen LogP contribution in [0.3, 0.4) is 0 Å². The van der Waals surface area contributed by atoms with Crippen LogP contribution in [0.4, 0.5) is 17.1 Å². The van der Waals surface area contributed by atoms with Gasteiger partial charge in [-0.05, 0) is 30.3 Å². The van der Waals surface area contributed by atoms with E-state index in [-0.39, 0.29) is 11.8 Å². The Bertz CT molecular complexity index is 804. The second-order valence-corrected chi connectivity index (χ2v) is 6.56. The molecule has 2 heterocycles. The average molecular weight is 383 g/mol. The van der Waals surface area contributed by atoms with Gasteiger partial charge in [0.1, 0.15) is 0 Å². The van der Waals surface area contributed by atoms with Crippen molar-refractivity contribution in [1.29, 1.82) is 0 Å². The van der Waals surface area contributed by atoms with Crippen molar-refractivity contribution in [2.45, 2.75) is 6.92 Å². The molecule has 1 fully saturated rings. The first-order valence-electron chi connectivity index (χ1n) is 9.28. The fourth-order valence-corrected chi connectivity index (χ4v) is 2.89. The van der Waals surface area contributed by atoms with Crippen molar-refractivity contribution in [1.82, 2.24) is 9.88 Å². The number of rotatable bonds is 7. The van der Waals surface area contributed by atoms with E-state index in [0.29, 0.717) is 16.9 Å². The lowest BCUT2D eigenvalue weighted by Gasteiger charge is -2.26. The number of nitrogens with zero attached hydrogens (tertiary/aromatic N) is 2. The van der Waals surface area contributed by atoms with Gasteiger partial charge in [0.05, 0.1) is 24.5 Å². The van der Waals surface area contributed by atoms with Gasteiger partial charge in [0.2, 0.25) is 5.91 Å². The summed E-state index contributed by atoms with van der Waals surface area (Å²) in [6.45, 7) is 6.60. The van der Waals surface area contributed by atoms with Gasteiger partial charge in [-0.15, -0.1) is 0 Å². The summed E-state index contributed by atoms with van der Waals surface area (Å²) in [6, 6.07) is 8.73. The van der Waals surface area contributed by atoms with Crippen molar-refractivity contribution in [3.8, 4) is 0 Å². The molecule has 1 saturated heterocycles. The predicted molar refractivity (Wildman–Crippen MR) is 109 cm³/mol. The first kappa shape index (κ1) is 19.8. The molecule has 1 aromatic carbocycles. The van der Waals surface area contributed by atoms with Crippen LogP contribution in [0.1, 0.15) is 17.3 Å². The zero-order valence-corrected chi connectivity index (χ0v) is 15.9. The highest BCUT2D eigenvalue weighted by Crippen LogP contribution is 2.15. The van der Waals surface area contributed by atoms with Crippen LogP contribution in [0.15, 0.2) is 42.7 Å². The summed E-state index contributed by atoms with van der Waals surface area (Å²) in [4.78, 5) is 30.0. The van der Waals surface area contributed by atoms with Crippen LogP contribution in [-0.4, -0.2) is 61.1 Å². The fraction of sp³-hybridized carbons (Fsp3) is 0.350. The van der Waals surface area contributed by atoms with Gasteiger partial charge in [-0.1, -0.05) is 0 Å². The number of anilines is 3. The Morgan fingerprint density at radius 1 is 1.04 bits per heavy atom. The Balaban J connectivity index is 1.52. The maximum absolute atomic E-state index is 12.5. The van der Waals surface area contributed by atoms with Gasteiger partial charge >= 0.3 is 0 Å². The first-order valence-corrected chi connectivity index (χ1v) is 9.28. The second kappa shape index (κ2) is 9.82. The minimum atomic E-state index is -0.239. The molecule has 0 aliphatic carbocycles. The van der Waals surface area contributed by atoms with Crippen molar-refractivity contribution in [3.63, 3.8) is 0 Å². The molecule has 0 unspecified atom stereocenters. The molecule has 1 aromatic heterocycles. The third-order valence-electron chi connectivity index (χ3n) is 4.32. The molecule has 28 heavy (non-hydrogen) atoms. The highest BCUT2D eigenvalue weighted by Gasteiger charge is 2.10. The van der Waals surface area contributed by atoms with Gasteiger partial charge < -0.3 is 20.7 Å². The average Bonchev–Trinajstić information content (AvgIpc) is 2.70. The predicted octanol–water partition coefficient (Wildman–Crippen LogP) is 2.04. The van der Waals surface area contributed by atoms with E-state index in [4.69, 9.17) is 4.74 Å². The normalized spacial score (nSPS) is 14.3.